The Morgan fingerprint density at radius 2 is 2.00 bits per heavy atom. The summed E-state index contributed by atoms with van der Waals surface area (Å²) in [4.78, 5) is 38.1. The van der Waals surface area contributed by atoms with Crippen LogP contribution in [-0.2, 0) is 20.9 Å². The summed E-state index contributed by atoms with van der Waals surface area (Å²) < 4.78 is 5.22. The summed E-state index contributed by atoms with van der Waals surface area (Å²) in [6.07, 6.45) is 3.50. The average molecular weight is 344 g/mol. The molecular formula is C19H24N2O4. The van der Waals surface area contributed by atoms with Crippen molar-refractivity contribution in [2.24, 2.45) is 5.92 Å². The molecule has 1 aliphatic heterocycles. The van der Waals surface area contributed by atoms with E-state index in [-0.39, 0.29) is 25.0 Å². The van der Waals surface area contributed by atoms with Crippen LogP contribution >= 0.6 is 0 Å². The molecular weight excluding hydrogens is 320 g/mol. The Balaban J connectivity index is 1.60. The Morgan fingerprint density at radius 1 is 1.28 bits per heavy atom. The van der Waals surface area contributed by atoms with Gasteiger partial charge in [-0.05, 0) is 31.2 Å². The lowest BCUT2D eigenvalue weighted by atomic mass is 9.73. The molecule has 25 heavy (non-hydrogen) atoms. The lowest BCUT2D eigenvalue weighted by Crippen LogP contribution is -2.54. The normalized spacial score (nSPS) is 26.0. The average Bonchev–Trinajstić information content (AvgIpc) is 2.82. The quantitative estimate of drug-likeness (QED) is 0.673. The minimum atomic E-state index is -0.841. The molecule has 1 heterocycles. The summed E-state index contributed by atoms with van der Waals surface area (Å²) in [5.74, 6) is -0.798. The van der Waals surface area contributed by atoms with E-state index in [1.54, 1.807) is 0 Å². The molecule has 6 nitrogen and oxygen atoms in total. The fraction of sp³-hybridized carbons (Fsp3) is 0.526. The standard InChI is InChI=1S/C19H24N2O4/c1-13-6-8-15(9-7-13)12-25-16(22)11-21-17(23)19(20-18(21)24)10-4-3-5-14(19)2/h6-9,14H,3-5,10-12H2,1-2H3,(H,20,24). The Labute approximate surface area is 147 Å². The molecule has 1 aromatic carbocycles. The molecule has 0 radical (unpaired) electrons. The van der Waals surface area contributed by atoms with Gasteiger partial charge in [-0.15, -0.1) is 0 Å². The summed E-state index contributed by atoms with van der Waals surface area (Å²) in [7, 11) is 0. The van der Waals surface area contributed by atoms with Gasteiger partial charge in [-0.25, -0.2) is 4.79 Å². The highest BCUT2D eigenvalue weighted by Gasteiger charge is 2.55. The molecule has 6 heteroatoms. The number of hydrogen-bond acceptors (Lipinski definition) is 4. The third kappa shape index (κ3) is 3.38. The molecule has 0 bridgehead atoms. The lowest BCUT2D eigenvalue weighted by molar-refractivity contribution is -0.149. The van der Waals surface area contributed by atoms with Crippen LogP contribution in [0.25, 0.3) is 0 Å². The fourth-order valence-electron chi connectivity index (χ4n) is 3.66. The number of rotatable bonds is 4. The first-order valence-corrected chi connectivity index (χ1v) is 8.77. The van der Waals surface area contributed by atoms with Gasteiger partial charge in [-0.2, -0.15) is 0 Å². The number of nitrogens with zero attached hydrogens (tertiary/aromatic N) is 1. The van der Waals surface area contributed by atoms with E-state index >= 15 is 0 Å². The van der Waals surface area contributed by atoms with Gasteiger partial charge in [-0.1, -0.05) is 49.6 Å². The second kappa shape index (κ2) is 6.86. The van der Waals surface area contributed by atoms with Crippen LogP contribution < -0.4 is 5.32 Å². The molecule has 3 rings (SSSR count). The van der Waals surface area contributed by atoms with Crippen molar-refractivity contribution in [3.63, 3.8) is 0 Å². The van der Waals surface area contributed by atoms with Gasteiger partial charge in [0.2, 0.25) is 0 Å². The zero-order valence-electron chi connectivity index (χ0n) is 14.7. The number of aryl methyl sites for hydroxylation is 1. The Kier molecular flexibility index (Phi) is 4.79. The number of ether oxygens (including phenoxy) is 1. The summed E-state index contributed by atoms with van der Waals surface area (Å²) in [5, 5.41) is 2.83. The van der Waals surface area contributed by atoms with E-state index in [1.807, 2.05) is 38.1 Å². The van der Waals surface area contributed by atoms with Crippen LogP contribution in [0, 0.1) is 12.8 Å². The SMILES string of the molecule is Cc1ccc(COC(=O)CN2C(=O)NC3(CCCCC3C)C2=O)cc1. The van der Waals surface area contributed by atoms with Crippen molar-refractivity contribution in [3.05, 3.63) is 35.4 Å². The van der Waals surface area contributed by atoms with Gasteiger partial charge in [0.05, 0.1) is 0 Å². The molecule has 0 aromatic heterocycles. The van der Waals surface area contributed by atoms with E-state index in [1.165, 1.54) is 0 Å². The minimum absolute atomic E-state index is 0.0753. The first kappa shape index (κ1) is 17.5. The second-order valence-electron chi connectivity index (χ2n) is 7.09. The number of nitrogens with one attached hydrogen (secondary N) is 1. The molecule has 2 atom stereocenters. The van der Waals surface area contributed by atoms with Gasteiger partial charge in [0, 0.05) is 0 Å². The smallest absolute Gasteiger partial charge is 0.326 e. The van der Waals surface area contributed by atoms with Crippen LogP contribution in [0.1, 0.15) is 43.7 Å². The largest absolute Gasteiger partial charge is 0.459 e. The van der Waals surface area contributed by atoms with Gasteiger partial charge in [-0.3, -0.25) is 14.5 Å². The van der Waals surface area contributed by atoms with Gasteiger partial charge in [0.25, 0.3) is 5.91 Å². The van der Waals surface area contributed by atoms with Crippen LogP contribution in [0.2, 0.25) is 0 Å². The van der Waals surface area contributed by atoms with Gasteiger partial charge in [0.1, 0.15) is 18.7 Å². The number of amides is 3. The van der Waals surface area contributed by atoms with Crippen molar-refractivity contribution in [2.45, 2.75) is 51.7 Å². The van der Waals surface area contributed by atoms with Crippen LogP contribution in [0.5, 0.6) is 0 Å². The van der Waals surface area contributed by atoms with Crippen molar-refractivity contribution in [3.8, 4) is 0 Å². The highest BCUT2D eigenvalue weighted by molar-refractivity contribution is 6.08. The number of esters is 1. The number of carbonyl (C=O) groups excluding carboxylic acids is 3. The molecule has 2 aliphatic rings. The molecule has 2 fully saturated rings. The number of imide groups is 1. The highest BCUT2D eigenvalue weighted by atomic mass is 16.5. The summed E-state index contributed by atoms with van der Waals surface area (Å²) >= 11 is 0. The van der Waals surface area contributed by atoms with E-state index in [0.717, 1.165) is 35.3 Å². The third-order valence-corrected chi connectivity index (χ3v) is 5.31. The number of benzene rings is 1. The monoisotopic (exact) mass is 344 g/mol. The predicted molar refractivity (Wildman–Crippen MR) is 91.6 cm³/mol. The molecule has 1 saturated carbocycles. The minimum Gasteiger partial charge on any atom is -0.459 e. The highest BCUT2D eigenvalue weighted by Crippen LogP contribution is 2.38. The van der Waals surface area contributed by atoms with E-state index < -0.39 is 17.5 Å². The number of urea groups is 1. The maximum absolute atomic E-state index is 12.8. The van der Waals surface area contributed by atoms with Crippen LogP contribution in [-0.4, -0.2) is 34.9 Å². The molecule has 134 valence electrons. The maximum Gasteiger partial charge on any atom is 0.326 e. The fourth-order valence-corrected chi connectivity index (χ4v) is 3.66. The summed E-state index contributed by atoms with van der Waals surface area (Å²) in [6, 6.07) is 7.15. The first-order valence-electron chi connectivity index (χ1n) is 8.77. The molecule has 3 amide bonds. The number of carbonyl (C=O) groups is 3. The predicted octanol–water partition coefficient (Wildman–Crippen LogP) is 2.54. The van der Waals surface area contributed by atoms with Crippen molar-refractivity contribution < 1.29 is 19.1 Å². The van der Waals surface area contributed by atoms with Crippen molar-refractivity contribution >= 4 is 17.9 Å². The summed E-state index contributed by atoms with van der Waals surface area (Å²) in [6.45, 7) is 3.75. The molecule has 1 aromatic rings. The topological polar surface area (TPSA) is 75.7 Å². The van der Waals surface area contributed by atoms with E-state index in [4.69, 9.17) is 4.74 Å². The van der Waals surface area contributed by atoms with Crippen LogP contribution in [0.4, 0.5) is 4.79 Å². The van der Waals surface area contributed by atoms with E-state index in [9.17, 15) is 14.4 Å². The van der Waals surface area contributed by atoms with Crippen molar-refractivity contribution in [1.29, 1.82) is 0 Å². The van der Waals surface area contributed by atoms with Gasteiger partial charge in [0.15, 0.2) is 0 Å². The van der Waals surface area contributed by atoms with Crippen LogP contribution in [0.15, 0.2) is 24.3 Å². The summed E-state index contributed by atoms with van der Waals surface area (Å²) in [5.41, 5.74) is 1.15. The molecule has 1 saturated heterocycles. The first-order chi connectivity index (χ1) is 11.9. The van der Waals surface area contributed by atoms with Gasteiger partial charge >= 0.3 is 12.0 Å². The molecule has 2 unspecified atom stereocenters. The van der Waals surface area contributed by atoms with E-state index in [2.05, 4.69) is 5.32 Å². The lowest BCUT2D eigenvalue weighted by Gasteiger charge is -2.36. The molecule has 1 N–H and O–H groups in total. The van der Waals surface area contributed by atoms with Crippen molar-refractivity contribution in [1.82, 2.24) is 10.2 Å². The Morgan fingerprint density at radius 3 is 2.68 bits per heavy atom. The number of hydrogen-bond donors (Lipinski definition) is 1. The zero-order valence-corrected chi connectivity index (χ0v) is 14.7. The molecule has 1 spiro atoms. The van der Waals surface area contributed by atoms with Crippen LogP contribution in [0.3, 0.4) is 0 Å². The second-order valence-corrected chi connectivity index (χ2v) is 7.09. The maximum atomic E-state index is 12.8. The Hall–Kier alpha value is -2.37. The zero-order chi connectivity index (χ0) is 18.0. The van der Waals surface area contributed by atoms with E-state index in [0.29, 0.717) is 6.42 Å². The Bertz CT molecular complexity index is 685. The van der Waals surface area contributed by atoms with Gasteiger partial charge < -0.3 is 10.1 Å². The molecule has 1 aliphatic carbocycles. The third-order valence-electron chi connectivity index (χ3n) is 5.31. The van der Waals surface area contributed by atoms with Crippen molar-refractivity contribution in [2.75, 3.05) is 6.54 Å².